The Kier molecular flexibility index (Phi) is 6.54. The summed E-state index contributed by atoms with van der Waals surface area (Å²) in [4.78, 5) is 16.7. The lowest BCUT2D eigenvalue weighted by Gasteiger charge is -2.12. The summed E-state index contributed by atoms with van der Waals surface area (Å²) in [6.07, 6.45) is 0. The Morgan fingerprint density at radius 2 is 1.64 bits per heavy atom. The highest BCUT2D eigenvalue weighted by molar-refractivity contribution is 5.92. The number of hydrogen-bond donors (Lipinski definition) is 1. The second-order valence-electron chi connectivity index (χ2n) is 7.22. The fourth-order valence-electron chi connectivity index (χ4n) is 3.09. The summed E-state index contributed by atoms with van der Waals surface area (Å²) in [6.45, 7) is 1.84. The van der Waals surface area contributed by atoms with Gasteiger partial charge in [-0.3, -0.25) is 4.79 Å². The first-order chi connectivity index (χ1) is 16.1. The minimum Gasteiger partial charge on any atom is -0.497 e. The number of carbonyl (C=O) groups excluding carboxylic acids is 1. The number of carbonyl (C=O) groups is 1. The lowest BCUT2D eigenvalue weighted by Crippen LogP contribution is -2.20. The van der Waals surface area contributed by atoms with Crippen LogP contribution in [0.15, 0.2) is 71.3 Å². The van der Waals surface area contributed by atoms with Gasteiger partial charge in [0.1, 0.15) is 5.75 Å². The fourth-order valence-corrected chi connectivity index (χ4v) is 3.09. The van der Waals surface area contributed by atoms with Crippen molar-refractivity contribution in [3.8, 4) is 40.1 Å². The predicted molar refractivity (Wildman–Crippen MR) is 124 cm³/mol. The van der Waals surface area contributed by atoms with Gasteiger partial charge < -0.3 is 24.1 Å². The Labute approximate surface area is 191 Å². The molecule has 0 aliphatic rings. The van der Waals surface area contributed by atoms with Gasteiger partial charge in [-0.05, 0) is 61.5 Å². The van der Waals surface area contributed by atoms with Crippen molar-refractivity contribution >= 4 is 11.6 Å². The number of nitrogens with zero attached hydrogens (tertiary/aromatic N) is 2. The monoisotopic (exact) mass is 445 g/mol. The Hall–Kier alpha value is -4.33. The van der Waals surface area contributed by atoms with Gasteiger partial charge in [0.05, 0.1) is 14.2 Å². The molecule has 0 atom stereocenters. The summed E-state index contributed by atoms with van der Waals surface area (Å²) in [6, 6.07) is 20.1. The van der Waals surface area contributed by atoms with E-state index in [1.165, 1.54) is 7.11 Å². The van der Waals surface area contributed by atoms with Crippen molar-refractivity contribution in [1.29, 1.82) is 0 Å². The molecular formula is C25H23N3O5. The molecule has 0 saturated carbocycles. The average molecular weight is 445 g/mol. The number of nitrogens with one attached hydrogen (secondary N) is 1. The number of anilines is 1. The molecule has 1 N–H and O–H groups in total. The molecule has 0 unspecified atom stereocenters. The molecule has 168 valence electrons. The standard InChI is InChI=1S/C25H23N3O5/c1-16-4-6-17(7-5-16)25-27-24(28-33-25)18-8-13-21(22(14-18)31-3)32-15-23(29)26-19-9-11-20(30-2)12-10-19/h4-14H,15H2,1-3H3,(H,26,29). The van der Waals surface area contributed by atoms with Crippen LogP contribution in [0.5, 0.6) is 17.2 Å². The first kappa shape index (κ1) is 21.9. The van der Waals surface area contributed by atoms with E-state index in [9.17, 15) is 4.79 Å². The summed E-state index contributed by atoms with van der Waals surface area (Å²) in [5, 5.41) is 6.84. The third kappa shape index (κ3) is 5.30. The van der Waals surface area contributed by atoms with Crippen LogP contribution in [0.3, 0.4) is 0 Å². The molecule has 4 rings (SSSR count). The van der Waals surface area contributed by atoms with Crippen LogP contribution in [0.4, 0.5) is 5.69 Å². The molecule has 33 heavy (non-hydrogen) atoms. The normalized spacial score (nSPS) is 10.5. The molecule has 1 aromatic heterocycles. The van der Waals surface area contributed by atoms with Gasteiger partial charge in [-0.15, -0.1) is 0 Å². The highest BCUT2D eigenvalue weighted by Gasteiger charge is 2.14. The first-order valence-electron chi connectivity index (χ1n) is 10.2. The van der Waals surface area contributed by atoms with E-state index in [-0.39, 0.29) is 12.5 Å². The lowest BCUT2D eigenvalue weighted by atomic mass is 10.1. The van der Waals surface area contributed by atoms with Crippen LogP contribution in [-0.4, -0.2) is 36.9 Å². The van der Waals surface area contributed by atoms with E-state index in [0.717, 1.165) is 11.1 Å². The molecular weight excluding hydrogens is 422 g/mol. The SMILES string of the molecule is COc1ccc(NC(=O)COc2ccc(-c3noc(-c4ccc(C)cc4)n3)cc2OC)cc1. The van der Waals surface area contributed by atoms with Gasteiger partial charge in [0.2, 0.25) is 5.82 Å². The fraction of sp³-hybridized carbons (Fsp3) is 0.160. The van der Waals surface area contributed by atoms with E-state index in [0.29, 0.717) is 40.2 Å². The van der Waals surface area contributed by atoms with Gasteiger partial charge in [-0.25, -0.2) is 0 Å². The molecule has 0 spiro atoms. The quantitative estimate of drug-likeness (QED) is 0.418. The largest absolute Gasteiger partial charge is 0.497 e. The van der Waals surface area contributed by atoms with Crippen LogP contribution >= 0.6 is 0 Å². The molecule has 1 amide bonds. The maximum Gasteiger partial charge on any atom is 0.262 e. The Balaban J connectivity index is 1.42. The number of methoxy groups -OCH3 is 2. The maximum atomic E-state index is 12.2. The summed E-state index contributed by atoms with van der Waals surface area (Å²) >= 11 is 0. The van der Waals surface area contributed by atoms with Crippen molar-refractivity contribution in [2.75, 3.05) is 26.1 Å². The van der Waals surface area contributed by atoms with Crippen LogP contribution in [-0.2, 0) is 4.79 Å². The Morgan fingerprint density at radius 1 is 0.909 bits per heavy atom. The molecule has 0 radical (unpaired) electrons. The molecule has 0 aliphatic carbocycles. The topological polar surface area (TPSA) is 95.7 Å². The van der Waals surface area contributed by atoms with E-state index >= 15 is 0 Å². The highest BCUT2D eigenvalue weighted by atomic mass is 16.5. The number of aryl methyl sites for hydroxylation is 1. The van der Waals surface area contributed by atoms with E-state index in [2.05, 4.69) is 15.5 Å². The van der Waals surface area contributed by atoms with Crippen molar-refractivity contribution in [1.82, 2.24) is 10.1 Å². The second-order valence-corrected chi connectivity index (χ2v) is 7.22. The number of benzene rings is 3. The van der Waals surface area contributed by atoms with E-state index in [1.807, 2.05) is 31.2 Å². The zero-order valence-corrected chi connectivity index (χ0v) is 18.5. The molecule has 4 aromatic rings. The molecule has 1 heterocycles. The van der Waals surface area contributed by atoms with Gasteiger partial charge in [0.15, 0.2) is 18.1 Å². The summed E-state index contributed by atoms with van der Waals surface area (Å²) in [5.74, 6) is 2.14. The third-order valence-electron chi connectivity index (χ3n) is 4.88. The summed E-state index contributed by atoms with van der Waals surface area (Å²) < 4.78 is 21.6. The van der Waals surface area contributed by atoms with E-state index in [1.54, 1.807) is 49.6 Å². The number of rotatable bonds is 8. The summed E-state index contributed by atoms with van der Waals surface area (Å²) in [7, 11) is 3.11. The molecule has 0 fully saturated rings. The molecule has 8 heteroatoms. The predicted octanol–water partition coefficient (Wildman–Crippen LogP) is 4.75. The smallest absolute Gasteiger partial charge is 0.262 e. The second kappa shape index (κ2) is 9.86. The van der Waals surface area contributed by atoms with Crippen molar-refractivity contribution < 1.29 is 23.5 Å². The first-order valence-corrected chi connectivity index (χ1v) is 10.2. The van der Waals surface area contributed by atoms with Gasteiger partial charge in [0, 0.05) is 16.8 Å². The molecule has 3 aromatic carbocycles. The number of hydrogen-bond acceptors (Lipinski definition) is 7. The van der Waals surface area contributed by atoms with Crippen molar-refractivity contribution in [2.24, 2.45) is 0 Å². The average Bonchev–Trinajstić information content (AvgIpc) is 3.34. The van der Waals surface area contributed by atoms with Crippen LogP contribution in [0, 0.1) is 6.92 Å². The minimum atomic E-state index is -0.299. The third-order valence-corrected chi connectivity index (χ3v) is 4.88. The number of ether oxygens (including phenoxy) is 3. The molecule has 0 saturated heterocycles. The van der Waals surface area contributed by atoms with Gasteiger partial charge in [-0.2, -0.15) is 4.98 Å². The lowest BCUT2D eigenvalue weighted by molar-refractivity contribution is -0.118. The molecule has 8 nitrogen and oxygen atoms in total. The highest BCUT2D eigenvalue weighted by Crippen LogP contribution is 2.32. The van der Waals surface area contributed by atoms with Gasteiger partial charge >= 0.3 is 0 Å². The number of aromatic nitrogens is 2. The van der Waals surface area contributed by atoms with Crippen LogP contribution in [0.2, 0.25) is 0 Å². The van der Waals surface area contributed by atoms with E-state index < -0.39 is 0 Å². The van der Waals surface area contributed by atoms with Crippen molar-refractivity contribution in [2.45, 2.75) is 6.92 Å². The zero-order chi connectivity index (χ0) is 23.2. The van der Waals surface area contributed by atoms with Gasteiger partial charge in [-0.1, -0.05) is 22.9 Å². The number of amides is 1. The van der Waals surface area contributed by atoms with E-state index in [4.69, 9.17) is 18.7 Å². The van der Waals surface area contributed by atoms with Crippen LogP contribution in [0.25, 0.3) is 22.8 Å². The Morgan fingerprint density at radius 3 is 2.33 bits per heavy atom. The minimum absolute atomic E-state index is 0.179. The van der Waals surface area contributed by atoms with Crippen molar-refractivity contribution in [3.05, 3.63) is 72.3 Å². The van der Waals surface area contributed by atoms with Crippen LogP contribution in [0.1, 0.15) is 5.56 Å². The molecule has 0 bridgehead atoms. The summed E-state index contributed by atoms with van der Waals surface area (Å²) in [5.41, 5.74) is 3.34. The molecule has 0 aliphatic heterocycles. The zero-order valence-electron chi connectivity index (χ0n) is 18.5. The Bertz CT molecular complexity index is 1230. The van der Waals surface area contributed by atoms with Gasteiger partial charge in [0.25, 0.3) is 11.8 Å². The van der Waals surface area contributed by atoms with Crippen molar-refractivity contribution in [3.63, 3.8) is 0 Å². The maximum absolute atomic E-state index is 12.2. The van der Waals surface area contributed by atoms with Crippen LogP contribution < -0.4 is 19.5 Å².